The van der Waals surface area contributed by atoms with Crippen LogP contribution in [0.5, 0.6) is 5.75 Å². The Hall–Kier alpha value is -2.50. The maximum absolute atomic E-state index is 12.1. The Morgan fingerprint density at radius 2 is 1.95 bits per heavy atom. The molecule has 1 aromatic carbocycles. The molecular weight excluding hydrogens is 272 g/mol. The highest BCUT2D eigenvalue weighted by Crippen LogP contribution is 2.28. The molecule has 2 N–H and O–H groups in total. The number of nitrogens with one attached hydrogen (secondary N) is 2. The normalized spacial score (nSPS) is 17.9. The van der Waals surface area contributed by atoms with Gasteiger partial charge in [-0.3, -0.25) is 0 Å². The molecule has 1 heterocycles. The molecule has 0 aliphatic carbocycles. The Bertz CT molecular complexity index is 578. The third-order valence-electron chi connectivity index (χ3n) is 3.21. The second-order valence-electron chi connectivity index (χ2n) is 4.56. The van der Waals surface area contributed by atoms with Crippen molar-refractivity contribution in [2.24, 2.45) is 0 Å². The van der Waals surface area contributed by atoms with Gasteiger partial charge in [-0.05, 0) is 31.5 Å². The van der Waals surface area contributed by atoms with Gasteiger partial charge >= 0.3 is 12.0 Å². The fourth-order valence-electron chi connectivity index (χ4n) is 2.22. The average molecular weight is 290 g/mol. The van der Waals surface area contributed by atoms with Crippen LogP contribution in [0.1, 0.15) is 25.5 Å². The maximum Gasteiger partial charge on any atom is 0.338 e. The van der Waals surface area contributed by atoms with E-state index in [4.69, 9.17) is 9.47 Å². The Morgan fingerprint density at radius 1 is 1.29 bits per heavy atom. The lowest BCUT2D eigenvalue weighted by Gasteiger charge is -2.28. The first-order valence-corrected chi connectivity index (χ1v) is 6.66. The molecule has 0 aromatic heterocycles. The molecule has 112 valence electrons. The second kappa shape index (κ2) is 6.30. The number of amides is 2. The molecule has 0 bridgehead atoms. The van der Waals surface area contributed by atoms with Gasteiger partial charge < -0.3 is 20.1 Å². The van der Waals surface area contributed by atoms with E-state index in [9.17, 15) is 9.59 Å². The van der Waals surface area contributed by atoms with Crippen molar-refractivity contribution in [3.8, 4) is 5.75 Å². The molecule has 2 rings (SSSR count). The van der Waals surface area contributed by atoms with E-state index >= 15 is 0 Å². The highest BCUT2D eigenvalue weighted by atomic mass is 16.5. The van der Waals surface area contributed by atoms with Crippen molar-refractivity contribution in [3.63, 3.8) is 0 Å². The molecule has 2 amide bonds. The van der Waals surface area contributed by atoms with Crippen molar-refractivity contribution >= 4 is 12.0 Å². The molecular formula is C15H18N2O4. The van der Waals surface area contributed by atoms with Crippen LogP contribution in [0.2, 0.25) is 0 Å². The van der Waals surface area contributed by atoms with Crippen molar-refractivity contribution in [3.05, 3.63) is 41.1 Å². The van der Waals surface area contributed by atoms with Gasteiger partial charge in [-0.1, -0.05) is 12.1 Å². The van der Waals surface area contributed by atoms with E-state index in [2.05, 4.69) is 10.6 Å². The smallest absolute Gasteiger partial charge is 0.338 e. The van der Waals surface area contributed by atoms with E-state index in [-0.39, 0.29) is 12.6 Å². The number of esters is 1. The molecule has 0 saturated heterocycles. The molecule has 6 heteroatoms. The van der Waals surface area contributed by atoms with Crippen molar-refractivity contribution < 1.29 is 19.1 Å². The fourth-order valence-corrected chi connectivity index (χ4v) is 2.22. The van der Waals surface area contributed by atoms with E-state index in [1.807, 2.05) is 12.1 Å². The molecule has 0 fully saturated rings. The van der Waals surface area contributed by atoms with Gasteiger partial charge in [0.1, 0.15) is 5.75 Å². The van der Waals surface area contributed by atoms with Crippen LogP contribution in [-0.2, 0) is 9.53 Å². The number of urea groups is 1. The number of methoxy groups -OCH3 is 1. The Labute approximate surface area is 123 Å². The second-order valence-corrected chi connectivity index (χ2v) is 4.56. The zero-order chi connectivity index (χ0) is 15.4. The largest absolute Gasteiger partial charge is 0.497 e. The number of benzene rings is 1. The molecule has 1 unspecified atom stereocenters. The Kier molecular flexibility index (Phi) is 4.47. The van der Waals surface area contributed by atoms with E-state index < -0.39 is 12.0 Å². The predicted octanol–water partition coefficient (Wildman–Crippen LogP) is 1.89. The quantitative estimate of drug-likeness (QED) is 0.830. The van der Waals surface area contributed by atoms with Gasteiger partial charge in [0, 0.05) is 5.70 Å². The summed E-state index contributed by atoms with van der Waals surface area (Å²) in [6.07, 6.45) is 0. The molecule has 0 saturated carbocycles. The molecule has 6 nitrogen and oxygen atoms in total. The molecule has 1 aliphatic heterocycles. The minimum Gasteiger partial charge on any atom is -0.497 e. The fraction of sp³-hybridized carbons (Fsp3) is 0.333. The summed E-state index contributed by atoms with van der Waals surface area (Å²) in [7, 11) is 1.58. The van der Waals surface area contributed by atoms with Gasteiger partial charge in [0.15, 0.2) is 0 Å². The summed E-state index contributed by atoms with van der Waals surface area (Å²) in [5, 5.41) is 5.34. The summed E-state index contributed by atoms with van der Waals surface area (Å²) < 4.78 is 10.2. The van der Waals surface area contributed by atoms with Crippen LogP contribution < -0.4 is 15.4 Å². The van der Waals surface area contributed by atoms with Crippen molar-refractivity contribution in [1.29, 1.82) is 0 Å². The highest BCUT2D eigenvalue weighted by Gasteiger charge is 2.31. The van der Waals surface area contributed by atoms with Gasteiger partial charge in [-0.25, -0.2) is 9.59 Å². The van der Waals surface area contributed by atoms with Crippen molar-refractivity contribution in [2.45, 2.75) is 19.9 Å². The lowest BCUT2D eigenvalue weighted by atomic mass is 9.95. The lowest BCUT2D eigenvalue weighted by Crippen LogP contribution is -2.45. The monoisotopic (exact) mass is 290 g/mol. The minimum absolute atomic E-state index is 0.277. The summed E-state index contributed by atoms with van der Waals surface area (Å²) in [4.78, 5) is 23.8. The average Bonchev–Trinajstić information content (AvgIpc) is 2.46. The summed E-state index contributed by atoms with van der Waals surface area (Å²) >= 11 is 0. The predicted molar refractivity (Wildman–Crippen MR) is 76.7 cm³/mol. The number of allylic oxidation sites excluding steroid dienone is 1. The number of ether oxygens (including phenoxy) is 2. The third-order valence-corrected chi connectivity index (χ3v) is 3.21. The first-order valence-electron chi connectivity index (χ1n) is 6.66. The van der Waals surface area contributed by atoms with Crippen LogP contribution in [0.4, 0.5) is 4.79 Å². The summed E-state index contributed by atoms with van der Waals surface area (Å²) in [6.45, 7) is 3.70. The number of hydrogen-bond acceptors (Lipinski definition) is 4. The minimum atomic E-state index is -0.538. The van der Waals surface area contributed by atoms with E-state index in [0.717, 1.165) is 5.56 Å². The first-order chi connectivity index (χ1) is 10.1. The highest BCUT2D eigenvalue weighted by molar-refractivity contribution is 5.95. The zero-order valence-corrected chi connectivity index (χ0v) is 12.2. The molecule has 1 aromatic rings. The molecule has 1 aliphatic rings. The van der Waals surface area contributed by atoms with E-state index in [0.29, 0.717) is 17.0 Å². The maximum atomic E-state index is 12.1. The lowest BCUT2D eigenvalue weighted by molar-refractivity contribution is -0.139. The van der Waals surface area contributed by atoms with Gasteiger partial charge in [0.25, 0.3) is 0 Å². The van der Waals surface area contributed by atoms with Crippen molar-refractivity contribution in [2.75, 3.05) is 13.7 Å². The van der Waals surface area contributed by atoms with E-state index in [1.165, 1.54) is 0 Å². The van der Waals surface area contributed by atoms with Gasteiger partial charge in [-0.2, -0.15) is 0 Å². The first kappa shape index (κ1) is 14.9. The van der Waals surface area contributed by atoms with Crippen LogP contribution in [0.3, 0.4) is 0 Å². The van der Waals surface area contributed by atoms with Crippen LogP contribution in [-0.4, -0.2) is 25.7 Å². The van der Waals surface area contributed by atoms with Crippen LogP contribution in [0.15, 0.2) is 35.5 Å². The summed E-state index contributed by atoms with van der Waals surface area (Å²) in [5.74, 6) is 0.265. The Balaban J connectivity index is 2.39. The molecule has 21 heavy (non-hydrogen) atoms. The van der Waals surface area contributed by atoms with Crippen molar-refractivity contribution in [1.82, 2.24) is 10.6 Å². The van der Waals surface area contributed by atoms with Crippen LogP contribution in [0.25, 0.3) is 0 Å². The number of hydrogen-bond donors (Lipinski definition) is 2. The molecule has 0 spiro atoms. The molecule has 1 atom stereocenters. The summed E-state index contributed by atoms with van der Waals surface area (Å²) in [5.41, 5.74) is 1.69. The number of carbonyl (C=O) groups is 2. The van der Waals surface area contributed by atoms with Gasteiger partial charge in [0.2, 0.25) is 0 Å². The van der Waals surface area contributed by atoms with Crippen LogP contribution in [0, 0.1) is 0 Å². The Morgan fingerprint density at radius 3 is 2.52 bits per heavy atom. The number of rotatable bonds is 4. The SMILES string of the molecule is CCOC(=O)C1=C(C)NC(=O)NC1c1ccc(OC)cc1. The topological polar surface area (TPSA) is 76.7 Å². The zero-order valence-electron chi connectivity index (χ0n) is 12.2. The van der Waals surface area contributed by atoms with Gasteiger partial charge in [0.05, 0.1) is 25.3 Å². The summed E-state index contributed by atoms with van der Waals surface area (Å²) in [6, 6.07) is 6.29. The van der Waals surface area contributed by atoms with Gasteiger partial charge in [-0.15, -0.1) is 0 Å². The van der Waals surface area contributed by atoms with E-state index in [1.54, 1.807) is 33.1 Å². The number of carbonyl (C=O) groups excluding carboxylic acids is 2. The van der Waals surface area contributed by atoms with Crippen LogP contribution >= 0.6 is 0 Å². The standard InChI is InChI=1S/C15H18N2O4/c1-4-21-14(18)12-9(2)16-15(19)17-13(12)10-5-7-11(20-3)8-6-10/h5-8,13H,4H2,1-3H3,(H2,16,17,19). The third kappa shape index (κ3) is 3.16. The molecule has 0 radical (unpaired) electrons.